The summed E-state index contributed by atoms with van der Waals surface area (Å²) in [6, 6.07) is 8.66. The van der Waals surface area contributed by atoms with Gasteiger partial charge in [0.2, 0.25) is 0 Å². The van der Waals surface area contributed by atoms with Gasteiger partial charge in [-0.3, -0.25) is 10.1 Å². The number of H-pyrrole nitrogens is 1. The van der Waals surface area contributed by atoms with E-state index in [0.29, 0.717) is 17.8 Å². The largest absolute Gasteiger partial charge is 0.451 e. The minimum Gasteiger partial charge on any atom is -0.451 e. The van der Waals surface area contributed by atoms with E-state index in [1.54, 1.807) is 6.07 Å². The summed E-state index contributed by atoms with van der Waals surface area (Å²) < 4.78 is 5.05. The van der Waals surface area contributed by atoms with E-state index >= 15 is 0 Å². The minimum atomic E-state index is -0.628. The molecule has 0 unspecified atom stereocenters. The minimum absolute atomic E-state index is 0.167. The summed E-state index contributed by atoms with van der Waals surface area (Å²) in [6.45, 7) is -0.498. The maximum Gasteiger partial charge on any atom is 0.355 e. The lowest BCUT2D eigenvalue weighted by Crippen LogP contribution is -2.62. The zero-order chi connectivity index (χ0) is 20.0. The highest BCUT2D eigenvalue weighted by atomic mass is 16.5. The van der Waals surface area contributed by atoms with Crippen LogP contribution < -0.4 is 10.6 Å². The number of urea groups is 1. The molecule has 6 rings (SSSR count). The number of ether oxygens (including phenoxy) is 1. The zero-order valence-corrected chi connectivity index (χ0v) is 16.2. The third-order valence-electron chi connectivity index (χ3n) is 6.75. The first-order chi connectivity index (χ1) is 14.0. The molecular formula is C22H25N3O4. The van der Waals surface area contributed by atoms with Crippen LogP contribution in [0.3, 0.4) is 0 Å². The standard InChI is InChI=1S/C22H25N3O4/c26-19(12-29-20(27)18-8-16-3-1-2-4-17(16)23-18)24-21(28)25-22-9-13-5-14(10-22)7-15(6-13)11-22/h1-4,8,13-15,23H,5-7,9-12H2,(H2,24,25,26,28). The molecule has 4 bridgehead atoms. The first-order valence-corrected chi connectivity index (χ1v) is 10.3. The van der Waals surface area contributed by atoms with Gasteiger partial charge < -0.3 is 15.0 Å². The highest BCUT2D eigenvalue weighted by Gasteiger charge is 2.51. The maximum atomic E-state index is 12.4. The van der Waals surface area contributed by atoms with Crippen molar-refractivity contribution in [3.05, 3.63) is 36.0 Å². The van der Waals surface area contributed by atoms with Gasteiger partial charge in [-0.15, -0.1) is 0 Å². The summed E-state index contributed by atoms with van der Waals surface area (Å²) >= 11 is 0. The SMILES string of the molecule is O=C(COC(=O)c1cc2ccccc2[nH]1)NC(=O)NC12CC3CC(CC(C3)C1)C2. The van der Waals surface area contributed by atoms with Gasteiger partial charge in [-0.25, -0.2) is 9.59 Å². The van der Waals surface area contributed by atoms with Crippen LogP contribution in [0, 0.1) is 17.8 Å². The van der Waals surface area contributed by atoms with Crippen molar-refractivity contribution < 1.29 is 19.1 Å². The number of hydrogen-bond donors (Lipinski definition) is 3. The van der Waals surface area contributed by atoms with Gasteiger partial charge in [-0.1, -0.05) is 18.2 Å². The lowest BCUT2D eigenvalue weighted by molar-refractivity contribution is -0.123. The van der Waals surface area contributed by atoms with Crippen molar-refractivity contribution in [3.63, 3.8) is 0 Å². The summed E-state index contributed by atoms with van der Waals surface area (Å²) in [4.78, 5) is 39.6. The number of carbonyl (C=O) groups excluding carboxylic acids is 3. The van der Waals surface area contributed by atoms with Gasteiger partial charge in [0, 0.05) is 16.4 Å². The highest BCUT2D eigenvalue weighted by molar-refractivity contribution is 5.98. The third kappa shape index (κ3) is 3.61. The summed E-state index contributed by atoms with van der Waals surface area (Å²) in [5, 5.41) is 6.27. The van der Waals surface area contributed by atoms with E-state index in [1.165, 1.54) is 19.3 Å². The van der Waals surface area contributed by atoms with E-state index in [0.717, 1.165) is 30.2 Å². The molecule has 3 N–H and O–H groups in total. The van der Waals surface area contributed by atoms with Crippen molar-refractivity contribution in [2.75, 3.05) is 6.61 Å². The second-order valence-electron chi connectivity index (χ2n) is 9.05. The Morgan fingerprint density at radius 3 is 2.34 bits per heavy atom. The lowest BCUT2D eigenvalue weighted by Gasteiger charge is -2.56. The molecule has 0 radical (unpaired) electrons. The Bertz CT molecular complexity index is 911. The number of imide groups is 1. The predicted molar refractivity (Wildman–Crippen MR) is 106 cm³/mol. The van der Waals surface area contributed by atoms with E-state index in [9.17, 15) is 14.4 Å². The molecule has 1 aromatic heterocycles. The third-order valence-corrected chi connectivity index (χ3v) is 6.75. The van der Waals surface area contributed by atoms with Crippen LogP contribution in [0.25, 0.3) is 10.9 Å². The van der Waals surface area contributed by atoms with Crippen LogP contribution in [0.5, 0.6) is 0 Å². The monoisotopic (exact) mass is 395 g/mol. The van der Waals surface area contributed by atoms with Gasteiger partial charge in [-0.2, -0.15) is 0 Å². The molecule has 29 heavy (non-hydrogen) atoms. The number of para-hydroxylation sites is 1. The smallest absolute Gasteiger partial charge is 0.355 e. The van der Waals surface area contributed by atoms with Crippen molar-refractivity contribution in [2.24, 2.45) is 17.8 Å². The van der Waals surface area contributed by atoms with Crippen LogP contribution in [0.1, 0.15) is 49.0 Å². The Morgan fingerprint density at radius 2 is 1.69 bits per heavy atom. The number of rotatable bonds is 4. The summed E-state index contributed by atoms with van der Waals surface area (Å²) in [5.41, 5.74) is 0.927. The van der Waals surface area contributed by atoms with Crippen molar-refractivity contribution in [1.29, 1.82) is 0 Å². The van der Waals surface area contributed by atoms with E-state index in [1.807, 2.05) is 24.3 Å². The Hall–Kier alpha value is -2.83. The molecule has 0 atom stereocenters. The van der Waals surface area contributed by atoms with Gasteiger partial charge in [-0.05, 0) is 68.4 Å². The number of benzene rings is 1. The summed E-state index contributed by atoms with van der Waals surface area (Å²) in [7, 11) is 0. The quantitative estimate of drug-likeness (QED) is 0.693. The molecule has 1 aromatic carbocycles. The molecule has 152 valence electrons. The number of aromatic nitrogens is 1. The number of amides is 3. The average molecular weight is 395 g/mol. The van der Waals surface area contributed by atoms with Gasteiger partial charge in [0.15, 0.2) is 6.61 Å². The Morgan fingerprint density at radius 1 is 1.03 bits per heavy atom. The number of esters is 1. The normalized spacial score (nSPS) is 29.6. The topological polar surface area (TPSA) is 100 Å². The van der Waals surface area contributed by atoms with Crippen LogP contribution in [0.4, 0.5) is 4.79 Å². The first kappa shape index (κ1) is 18.2. The fourth-order valence-corrected chi connectivity index (χ4v) is 6.09. The van der Waals surface area contributed by atoms with Crippen LogP contribution >= 0.6 is 0 Å². The van der Waals surface area contributed by atoms with Crippen LogP contribution in [-0.2, 0) is 9.53 Å². The molecule has 1 heterocycles. The maximum absolute atomic E-state index is 12.4. The molecule has 7 heteroatoms. The Labute approximate surface area is 168 Å². The van der Waals surface area contributed by atoms with Crippen molar-refractivity contribution >= 4 is 28.8 Å². The van der Waals surface area contributed by atoms with Gasteiger partial charge in [0.05, 0.1) is 0 Å². The fraction of sp³-hybridized carbons (Fsp3) is 0.500. The average Bonchev–Trinajstić information content (AvgIpc) is 3.08. The number of carbonyl (C=O) groups is 3. The molecule has 4 aliphatic rings. The highest BCUT2D eigenvalue weighted by Crippen LogP contribution is 2.55. The number of hydrogen-bond acceptors (Lipinski definition) is 4. The molecule has 0 spiro atoms. The lowest BCUT2D eigenvalue weighted by atomic mass is 9.53. The molecule has 0 aliphatic heterocycles. The van der Waals surface area contributed by atoms with Gasteiger partial charge in [0.25, 0.3) is 5.91 Å². The number of fused-ring (bicyclic) bond motifs is 1. The Balaban J connectivity index is 1.13. The van der Waals surface area contributed by atoms with Crippen LogP contribution in [-0.4, -0.2) is 35.0 Å². The summed E-state index contributed by atoms with van der Waals surface area (Å²) in [5.74, 6) is 0.855. The molecule has 2 aromatic rings. The van der Waals surface area contributed by atoms with E-state index in [-0.39, 0.29) is 11.2 Å². The fourth-order valence-electron chi connectivity index (χ4n) is 6.09. The van der Waals surface area contributed by atoms with Crippen LogP contribution in [0.15, 0.2) is 30.3 Å². The van der Waals surface area contributed by atoms with E-state index in [2.05, 4.69) is 15.6 Å². The second kappa shape index (κ2) is 6.90. The summed E-state index contributed by atoms with van der Waals surface area (Å²) in [6.07, 6.45) is 6.88. The van der Waals surface area contributed by atoms with Gasteiger partial charge >= 0.3 is 12.0 Å². The van der Waals surface area contributed by atoms with Crippen LogP contribution in [0.2, 0.25) is 0 Å². The molecular weight excluding hydrogens is 370 g/mol. The molecule has 3 amide bonds. The molecule has 0 saturated heterocycles. The second-order valence-corrected chi connectivity index (χ2v) is 9.05. The zero-order valence-electron chi connectivity index (χ0n) is 16.2. The van der Waals surface area contributed by atoms with E-state index in [4.69, 9.17) is 4.74 Å². The predicted octanol–water partition coefficient (Wildman–Crippen LogP) is 3.12. The molecule has 7 nitrogen and oxygen atoms in total. The van der Waals surface area contributed by atoms with Crippen molar-refractivity contribution in [3.8, 4) is 0 Å². The molecule has 4 fully saturated rings. The Kier molecular flexibility index (Phi) is 4.33. The van der Waals surface area contributed by atoms with Gasteiger partial charge in [0.1, 0.15) is 5.69 Å². The number of nitrogens with one attached hydrogen (secondary N) is 3. The molecule has 4 saturated carbocycles. The van der Waals surface area contributed by atoms with E-state index < -0.39 is 24.5 Å². The first-order valence-electron chi connectivity index (χ1n) is 10.3. The molecule has 4 aliphatic carbocycles. The van der Waals surface area contributed by atoms with Crippen molar-refractivity contribution in [1.82, 2.24) is 15.6 Å². The van der Waals surface area contributed by atoms with Crippen molar-refractivity contribution in [2.45, 2.75) is 44.1 Å². The number of aromatic amines is 1.